The fourth-order valence-corrected chi connectivity index (χ4v) is 4.88. The summed E-state index contributed by atoms with van der Waals surface area (Å²) >= 11 is 13.1. The largest absolute Gasteiger partial charge is 0.381 e. The maximum atomic E-state index is 6.59. The third kappa shape index (κ3) is 3.36. The van der Waals surface area contributed by atoms with Gasteiger partial charge in [-0.3, -0.25) is 5.10 Å². The summed E-state index contributed by atoms with van der Waals surface area (Å²) in [6.45, 7) is 6.23. The van der Waals surface area contributed by atoms with Gasteiger partial charge in [0.2, 0.25) is 5.65 Å². The number of fused-ring (bicyclic) bond motifs is 1. The van der Waals surface area contributed by atoms with Crippen molar-refractivity contribution in [3.05, 3.63) is 22.4 Å². The van der Waals surface area contributed by atoms with Gasteiger partial charge in [0.25, 0.3) is 0 Å². The van der Waals surface area contributed by atoms with E-state index in [1.54, 1.807) is 6.20 Å². The van der Waals surface area contributed by atoms with Crippen molar-refractivity contribution in [3.8, 4) is 11.3 Å². The Hall–Kier alpha value is -2.16. The summed E-state index contributed by atoms with van der Waals surface area (Å²) in [5, 5.41) is 11.4. The number of aromatic amines is 1. The van der Waals surface area contributed by atoms with Crippen molar-refractivity contribution in [2.75, 3.05) is 43.1 Å². The van der Waals surface area contributed by atoms with Crippen molar-refractivity contribution < 1.29 is 4.74 Å². The number of hydrogen-bond donors (Lipinski definition) is 2. The minimum atomic E-state index is 0.322. The number of ether oxygens (including phenoxy) is 1. The van der Waals surface area contributed by atoms with Gasteiger partial charge in [0.15, 0.2) is 11.0 Å². The van der Waals surface area contributed by atoms with E-state index in [0.717, 1.165) is 57.7 Å². The van der Waals surface area contributed by atoms with Gasteiger partial charge < -0.3 is 15.0 Å². The molecule has 0 saturated carbocycles. The molecule has 0 atom stereocenters. The highest BCUT2D eigenvalue weighted by molar-refractivity contribution is 6.36. The molecule has 0 aliphatic carbocycles. The number of aromatic nitrogens is 5. The van der Waals surface area contributed by atoms with Gasteiger partial charge >= 0.3 is 0 Å². The summed E-state index contributed by atoms with van der Waals surface area (Å²) in [7, 11) is 0. The second-order valence-electron chi connectivity index (χ2n) is 7.95. The van der Waals surface area contributed by atoms with Crippen molar-refractivity contribution in [1.29, 1.82) is 0 Å². The van der Waals surface area contributed by atoms with Crippen LogP contribution < -0.4 is 10.2 Å². The lowest BCUT2D eigenvalue weighted by Crippen LogP contribution is -2.41. The van der Waals surface area contributed by atoms with E-state index in [9.17, 15) is 0 Å². The summed E-state index contributed by atoms with van der Waals surface area (Å²) < 4.78 is 5.63. The molecule has 10 heteroatoms. The molecule has 0 amide bonds. The van der Waals surface area contributed by atoms with Crippen molar-refractivity contribution in [1.82, 2.24) is 25.1 Å². The number of H-pyrrole nitrogens is 1. The van der Waals surface area contributed by atoms with Crippen LogP contribution in [-0.4, -0.2) is 58.0 Å². The summed E-state index contributed by atoms with van der Waals surface area (Å²) in [5.41, 5.74) is 2.87. The number of rotatable bonds is 4. The van der Waals surface area contributed by atoms with Crippen molar-refractivity contribution in [3.63, 3.8) is 0 Å². The van der Waals surface area contributed by atoms with Crippen LogP contribution in [0, 0.1) is 5.41 Å². The number of halogens is 2. The zero-order valence-corrected chi connectivity index (χ0v) is 18.2. The van der Waals surface area contributed by atoms with Gasteiger partial charge in [-0.15, -0.1) is 0 Å². The monoisotopic (exact) mass is 447 g/mol. The highest BCUT2D eigenvalue weighted by Crippen LogP contribution is 2.41. The van der Waals surface area contributed by atoms with Crippen LogP contribution in [0.1, 0.15) is 26.2 Å². The normalized spacial score (nSPS) is 18.4. The standard InChI is InChI=1S/C20H23Cl2N7O/c1-2-23-17-13(21)12(3-7-24-17)14-15-18(28-27-14)26-19(16(22)25-15)29-8-4-20(5-9-29)6-10-30-11-20/h3,7H,2,4-6,8-11H2,1H3,(H,23,24)(H,26,27,28). The van der Waals surface area contributed by atoms with Crippen LogP contribution in [-0.2, 0) is 4.74 Å². The lowest BCUT2D eigenvalue weighted by Gasteiger charge is -2.38. The highest BCUT2D eigenvalue weighted by Gasteiger charge is 2.38. The van der Waals surface area contributed by atoms with Crippen LogP contribution >= 0.6 is 23.2 Å². The third-order valence-electron chi connectivity index (χ3n) is 6.14. The van der Waals surface area contributed by atoms with E-state index in [-0.39, 0.29) is 0 Å². The number of nitrogens with one attached hydrogen (secondary N) is 2. The molecule has 0 aromatic carbocycles. The average Bonchev–Trinajstić information content (AvgIpc) is 3.37. The Morgan fingerprint density at radius 1 is 1.23 bits per heavy atom. The Morgan fingerprint density at radius 2 is 2.07 bits per heavy atom. The topological polar surface area (TPSA) is 91.9 Å². The molecule has 8 nitrogen and oxygen atoms in total. The van der Waals surface area contributed by atoms with E-state index in [1.807, 2.05) is 13.0 Å². The Morgan fingerprint density at radius 3 is 2.80 bits per heavy atom. The number of piperidine rings is 1. The van der Waals surface area contributed by atoms with Crippen LogP contribution in [0.15, 0.2) is 12.3 Å². The Labute approximate surface area is 184 Å². The van der Waals surface area contributed by atoms with Gasteiger partial charge in [-0.05, 0) is 37.7 Å². The van der Waals surface area contributed by atoms with E-state index in [2.05, 4.69) is 30.4 Å². The maximum absolute atomic E-state index is 6.59. The summed E-state index contributed by atoms with van der Waals surface area (Å²) in [5.74, 6) is 1.30. The summed E-state index contributed by atoms with van der Waals surface area (Å²) in [6, 6.07) is 1.83. The number of nitrogens with zero attached hydrogens (tertiary/aromatic N) is 5. The minimum absolute atomic E-state index is 0.322. The molecule has 2 fully saturated rings. The first kappa shape index (κ1) is 19.8. The average molecular weight is 448 g/mol. The summed E-state index contributed by atoms with van der Waals surface area (Å²) in [4.78, 5) is 15.9. The molecule has 0 bridgehead atoms. The zero-order chi connectivity index (χ0) is 20.7. The Balaban J connectivity index is 1.46. The molecule has 158 valence electrons. The molecule has 5 heterocycles. The molecular formula is C20H23Cl2N7O. The Bertz CT molecular complexity index is 1070. The van der Waals surface area contributed by atoms with E-state index < -0.39 is 0 Å². The molecule has 2 N–H and O–H groups in total. The number of hydrogen-bond acceptors (Lipinski definition) is 7. The van der Waals surface area contributed by atoms with E-state index in [4.69, 9.17) is 32.9 Å². The van der Waals surface area contributed by atoms with Gasteiger partial charge in [0.1, 0.15) is 11.3 Å². The first-order valence-corrected chi connectivity index (χ1v) is 11.0. The first-order valence-electron chi connectivity index (χ1n) is 10.2. The van der Waals surface area contributed by atoms with Crippen molar-refractivity contribution in [2.24, 2.45) is 5.41 Å². The van der Waals surface area contributed by atoms with Gasteiger partial charge in [-0.2, -0.15) is 5.10 Å². The first-order chi connectivity index (χ1) is 14.6. The maximum Gasteiger partial charge on any atom is 0.202 e. The SMILES string of the molecule is CCNc1nccc(-c2[nH]nc3nc(N4CCC5(CCOC5)CC4)c(Cl)nc23)c1Cl. The fraction of sp³-hybridized carbons (Fsp3) is 0.500. The second kappa shape index (κ2) is 7.83. The van der Waals surface area contributed by atoms with Gasteiger partial charge in [-0.1, -0.05) is 23.2 Å². The molecule has 3 aromatic rings. The quantitative estimate of drug-likeness (QED) is 0.619. The molecule has 2 aliphatic heterocycles. The van der Waals surface area contributed by atoms with Crippen LogP contribution in [0.3, 0.4) is 0 Å². The molecule has 3 aromatic heterocycles. The molecule has 2 saturated heterocycles. The van der Waals surface area contributed by atoms with Gasteiger partial charge in [-0.25, -0.2) is 15.0 Å². The van der Waals surface area contributed by atoms with Gasteiger partial charge in [0.05, 0.1) is 17.3 Å². The van der Waals surface area contributed by atoms with Gasteiger partial charge in [0, 0.05) is 38.0 Å². The molecule has 2 aliphatic rings. The predicted octanol–water partition coefficient (Wildman–Crippen LogP) is 4.16. The molecule has 0 radical (unpaired) electrons. The molecular weight excluding hydrogens is 425 g/mol. The van der Waals surface area contributed by atoms with Crippen LogP contribution in [0.4, 0.5) is 11.6 Å². The molecule has 0 unspecified atom stereocenters. The second-order valence-corrected chi connectivity index (χ2v) is 8.69. The minimum Gasteiger partial charge on any atom is -0.381 e. The lowest BCUT2D eigenvalue weighted by molar-refractivity contribution is 0.133. The predicted molar refractivity (Wildman–Crippen MR) is 118 cm³/mol. The summed E-state index contributed by atoms with van der Waals surface area (Å²) in [6.07, 6.45) is 5.00. The van der Waals surface area contributed by atoms with Crippen molar-refractivity contribution in [2.45, 2.75) is 26.2 Å². The molecule has 5 rings (SSSR count). The van der Waals surface area contributed by atoms with Crippen LogP contribution in [0.2, 0.25) is 10.2 Å². The van der Waals surface area contributed by atoms with E-state index in [0.29, 0.717) is 44.1 Å². The highest BCUT2D eigenvalue weighted by atomic mass is 35.5. The zero-order valence-electron chi connectivity index (χ0n) is 16.7. The smallest absolute Gasteiger partial charge is 0.202 e. The van der Waals surface area contributed by atoms with E-state index >= 15 is 0 Å². The third-order valence-corrected chi connectivity index (χ3v) is 6.78. The fourth-order valence-electron chi connectivity index (χ4n) is 4.36. The Kier molecular flexibility index (Phi) is 5.16. The van der Waals surface area contributed by atoms with Crippen LogP contribution in [0.5, 0.6) is 0 Å². The van der Waals surface area contributed by atoms with Crippen LogP contribution in [0.25, 0.3) is 22.4 Å². The molecule has 1 spiro atoms. The number of pyridine rings is 1. The lowest BCUT2D eigenvalue weighted by atomic mass is 9.78. The molecule has 30 heavy (non-hydrogen) atoms. The van der Waals surface area contributed by atoms with Crippen molar-refractivity contribution >= 4 is 46.0 Å². The van der Waals surface area contributed by atoms with E-state index in [1.165, 1.54) is 0 Å². The number of anilines is 2.